The summed E-state index contributed by atoms with van der Waals surface area (Å²) in [6.45, 7) is 0. The fourth-order valence-electron chi connectivity index (χ4n) is 3.85. The highest BCUT2D eigenvalue weighted by atomic mass is 35.5. The minimum atomic E-state index is -4.79. The lowest BCUT2D eigenvalue weighted by Crippen LogP contribution is -2.43. The fraction of sp³-hybridized carbons (Fsp3) is 0.179. The van der Waals surface area contributed by atoms with Gasteiger partial charge in [0.15, 0.2) is 5.69 Å². The van der Waals surface area contributed by atoms with Gasteiger partial charge >= 0.3 is 23.6 Å². The van der Waals surface area contributed by atoms with E-state index in [9.17, 15) is 31.1 Å². The van der Waals surface area contributed by atoms with Crippen LogP contribution in [-0.2, 0) is 11.0 Å². The van der Waals surface area contributed by atoms with Crippen LogP contribution in [0.3, 0.4) is 0 Å². The van der Waals surface area contributed by atoms with E-state index in [4.69, 9.17) is 17.3 Å². The highest BCUT2D eigenvalue weighted by Crippen LogP contribution is 2.42. The molecule has 0 radical (unpaired) electrons. The maximum absolute atomic E-state index is 13.8. The molecule has 0 aliphatic carbocycles. The molecule has 1 fully saturated rings. The number of amides is 1. The molecule has 1 aliphatic heterocycles. The van der Waals surface area contributed by atoms with Gasteiger partial charge in [0, 0.05) is 11.3 Å². The summed E-state index contributed by atoms with van der Waals surface area (Å²) in [4.78, 5) is 21.8. The number of nitrogens with two attached hydrogens (primary N) is 1. The largest absolute Gasteiger partial charge is 0.573 e. The second-order valence-corrected chi connectivity index (χ2v) is 10.4. The van der Waals surface area contributed by atoms with Crippen molar-refractivity contribution in [3.63, 3.8) is 0 Å². The molecule has 1 amide bonds. The molecule has 4 rings (SSSR count). The monoisotopic (exact) mass is 655 g/mol. The molecule has 0 aromatic heterocycles. The van der Waals surface area contributed by atoms with Gasteiger partial charge in [0.2, 0.25) is 0 Å². The zero-order valence-corrected chi connectivity index (χ0v) is 24.2. The number of halogens is 7. The first-order valence-corrected chi connectivity index (χ1v) is 13.9. The number of hydrogen-bond donors (Lipinski definition) is 1. The van der Waals surface area contributed by atoms with Gasteiger partial charge in [-0.05, 0) is 53.7 Å². The molecule has 0 atom stereocenters. The Morgan fingerprint density at radius 3 is 2.36 bits per heavy atom. The van der Waals surface area contributed by atoms with Crippen LogP contribution in [0.25, 0.3) is 0 Å². The van der Waals surface area contributed by atoms with E-state index in [0.29, 0.717) is 22.6 Å². The topological polar surface area (TPSA) is 95.6 Å². The fourth-order valence-corrected chi connectivity index (χ4v) is 5.13. The Kier molecular flexibility index (Phi) is 9.99. The van der Waals surface area contributed by atoms with E-state index in [1.54, 1.807) is 24.3 Å². The molecule has 0 unspecified atom stereocenters. The van der Waals surface area contributed by atoms with Crippen molar-refractivity contribution in [2.45, 2.75) is 19.0 Å². The summed E-state index contributed by atoms with van der Waals surface area (Å²) in [6.07, 6.45) is -6.92. The predicted molar refractivity (Wildman–Crippen MR) is 158 cm³/mol. The molecule has 0 bridgehead atoms. The number of hydrogen-bond acceptors (Lipinski definition) is 5. The quantitative estimate of drug-likeness (QED) is 0.0993. The van der Waals surface area contributed by atoms with Crippen LogP contribution in [0.5, 0.6) is 5.75 Å². The third kappa shape index (κ3) is 8.38. The van der Waals surface area contributed by atoms with E-state index in [1.807, 2.05) is 0 Å². The van der Waals surface area contributed by atoms with Gasteiger partial charge in [-0.2, -0.15) is 18.1 Å². The maximum atomic E-state index is 13.8. The highest BCUT2D eigenvalue weighted by molar-refractivity contribution is 8.14. The van der Waals surface area contributed by atoms with Crippen molar-refractivity contribution in [3.8, 4) is 5.75 Å². The summed E-state index contributed by atoms with van der Waals surface area (Å²) < 4.78 is 83.3. The van der Waals surface area contributed by atoms with Crippen LogP contribution in [0.2, 0.25) is 5.02 Å². The number of nitrogens with zero attached hydrogens (tertiary/aromatic N) is 5. The van der Waals surface area contributed by atoms with Crippen molar-refractivity contribution in [1.29, 1.82) is 0 Å². The molecule has 0 saturated carbocycles. The van der Waals surface area contributed by atoms with Crippen LogP contribution in [0, 0.1) is 0 Å². The summed E-state index contributed by atoms with van der Waals surface area (Å²) in [5, 5.41) is 4.25. The summed E-state index contributed by atoms with van der Waals surface area (Å²) >= 11 is 7.33. The summed E-state index contributed by atoms with van der Waals surface area (Å²) in [5.41, 5.74) is 5.97. The van der Waals surface area contributed by atoms with Crippen LogP contribution in [0.4, 0.5) is 37.7 Å². The number of rotatable bonds is 7. The van der Waals surface area contributed by atoms with E-state index in [-0.39, 0.29) is 28.2 Å². The normalized spacial score (nSPS) is 16.2. The number of para-hydroxylation sites is 1. The maximum Gasteiger partial charge on any atom is 0.573 e. The lowest BCUT2D eigenvalue weighted by Gasteiger charge is -2.24. The zero-order valence-electron chi connectivity index (χ0n) is 22.6. The number of alkyl halides is 6. The van der Waals surface area contributed by atoms with Gasteiger partial charge in [0.05, 0.1) is 23.3 Å². The molecule has 16 heteroatoms. The number of anilines is 1. The number of ether oxygens (including phenoxy) is 1. The molecular formula is C28H22ClF6N6O2S+. The Hall–Kier alpha value is -4.37. The Morgan fingerprint density at radius 1 is 1.05 bits per heavy atom. The molecule has 1 heterocycles. The Bertz CT molecular complexity index is 1640. The third-order valence-electron chi connectivity index (χ3n) is 5.84. The first-order valence-electron chi connectivity index (χ1n) is 12.5. The van der Waals surface area contributed by atoms with E-state index in [0.717, 1.165) is 29.4 Å². The number of carbonyl (C=O) groups is 1. The van der Waals surface area contributed by atoms with Gasteiger partial charge < -0.3 is 10.5 Å². The average molecular weight is 656 g/mol. The number of aliphatic imine (C=N–C) groups is 2. The second kappa shape index (κ2) is 13.5. The van der Waals surface area contributed by atoms with Crippen molar-refractivity contribution in [2.75, 3.05) is 17.7 Å². The molecule has 44 heavy (non-hydrogen) atoms. The lowest BCUT2D eigenvalue weighted by molar-refractivity contribution is -0.499. The minimum absolute atomic E-state index is 0.0204. The van der Waals surface area contributed by atoms with Gasteiger partial charge in [0.1, 0.15) is 30.5 Å². The van der Waals surface area contributed by atoms with Crippen molar-refractivity contribution in [3.05, 3.63) is 88.4 Å². The molecule has 2 N–H and O–H groups in total. The minimum Gasteiger partial charge on any atom is -0.406 e. The first kappa shape index (κ1) is 32.5. The van der Waals surface area contributed by atoms with E-state index in [2.05, 4.69) is 19.8 Å². The van der Waals surface area contributed by atoms with Gasteiger partial charge in [-0.3, -0.25) is 0 Å². The van der Waals surface area contributed by atoms with E-state index < -0.39 is 29.7 Å². The Balaban J connectivity index is 1.49. The van der Waals surface area contributed by atoms with E-state index >= 15 is 0 Å². The van der Waals surface area contributed by atoms with Crippen LogP contribution >= 0.6 is 23.4 Å². The van der Waals surface area contributed by atoms with Gasteiger partial charge in [-0.25, -0.2) is 14.8 Å². The van der Waals surface area contributed by atoms with Crippen LogP contribution in [0.15, 0.2) is 81.8 Å². The standard InChI is InChI=1S/C28H22ClF6N6O2S/c1-40(26-41(23(42)13-14-44-26)24-21(27(30,31)32)3-2-4-22(24)29)39-15-17-5-7-18(8-6-17)25(36)38-16-37-19-9-11-20(12-10-19)43-28(33,34)35/h2-12,15-16H,13-14H2,1H3,(H2,36,37,38)/q+1. The number of thioether (sulfide) groups is 1. The summed E-state index contributed by atoms with van der Waals surface area (Å²) in [6, 6.07) is 14.8. The molecule has 1 saturated heterocycles. The molecule has 8 nitrogen and oxygen atoms in total. The third-order valence-corrected chi connectivity index (χ3v) is 7.26. The van der Waals surface area contributed by atoms with Crippen molar-refractivity contribution in [2.24, 2.45) is 20.8 Å². The number of hydrazone groups is 1. The molecule has 230 valence electrons. The van der Waals surface area contributed by atoms with Crippen molar-refractivity contribution >= 4 is 64.2 Å². The molecular weight excluding hydrogens is 634 g/mol. The Morgan fingerprint density at radius 2 is 1.73 bits per heavy atom. The van der Waals surface area contributed by atoms with Crippen molar-refractivity contribution in [1.82, 2.24) is 0 Å². The summed E-state index contributed by atoms with van der Waals surface area (Å²) in [7, 11) is 1.50. The van der Waals surface area contributed by atoms with Gasteiger partial charge in [-0.1, -0.05) is 47.0 Å². The average Bonchev–Trinajstić information content (AvgIpc) is 2.96. The second-order valence-electron chi connectivity index (χ2n) is 8.93. The molecule has 1 aliphatic rings. The highest BCUT2D eigenvalue weighted by Gasteiger charge is 2.45. The molecule has 3 aromatic rings. The number of benzene rings is 3. The smallest absolute Gasteiger partial charge is 0.406 e. The van der Waals surface area contributed by atoms with Crippen LogP contribution in [0.1, 0.15) is 23.1 Å². The first-order chi connectivity index (χ1) is 20.7. The van der Waals surface area contributed by atoms with Crippen LogP contribution in [-0.4, -0.2) is 53.3 Å². The SMILES string of the molecule is C[N+](N=Cc1ccc(C(N)=NC=Nc2ccc(OC(F)(F)F)cc2)cc1)=C1SCCC(=O)N1c1c(Cl)cccc1C(F)(F)F. The lowest BCUT2D eigenvalue weighted by atomic mass is 10.1. The van der Waals surface area contributed by atoms with Crippen molar-refractivity contribution < 1.29 is 40.6 Å². The molecule has 0 spiro atoms. The van der Waals surface area contributed by atoms with E-state index in [1.165, 1.54) is 54.0 Å². The number of carbonyl (C=O) groups excluding carboxylic acids is 1. The van der Waals surface area contributed by atoms with Gasteiger partial charge in [0.25, 0.3) is 0 Å². The van der Waals surface area contributed by atoms with Crippen LogP contribution < -0.4 is 15.4 Å². The van der Waals surface area contributed by atoms with Gasteiger partial charge in [-0.15, -0.1) is 17.9 Å². The Labute approximate surface area is 256 Å². The summed E-state index contributed by atoms with van der Waals surface area (Å²) in [5.74, 6) is -0.470. The zero-order chi connectivity index (χ0) is 32.1. The number of amidine groups is 2. The predicted octanol–water partition coefficient (Wildman–Crippen LogP) is 6.83. The molecule has 3 aromatic carbocycles.